The number of pyridine rings is 1. The van der Waals surface area contributed by atoms with E-state index in [0.717, 1.165) is 6.07 Å². The second kappa shape index (κ2) is 6.01. The standard InChI is InChI=1S/C13H9BrClF3N2/c14-9-5-11(15)12(20-7-9)19-6-8-3-1-2-4-10(8)13(16,17)18/h1-5,7H,6H2,(H,19,20). The molecule has 0 atom stereocenters. The van der Waals surface area contributed by atoms with Crippen LogP contribution in [0.1, 0.15) is 11.1 Å². The number of hydrogen-bond acceptors (Lipinski definition) is 2. The fourth-order valence-corrected chi connectivity index (χ4v) is 2.37. The maximum absolute atomic E-state index is 12.8. The molecule has 1 aromatic heterocycles. The molecule has 0 aliphatic rings. The van der Waals surface area contributed by atoms with E-state index in [1.807, 2.05) is 0 Å². The van der Waals surface area contributed by atoms with Gasteiger partial charge in [-0.05, 0) is 33.6 Å². The average molecular weight is 366 g/mol. The van der Waals surface area contributed by atoms with Gasteiger partial charge < -0.3 is 5.32 Å². The van der Waals surface area contributed by atoms with Gasteiger partial charge in [-0.15, -0.1) is 0 Å². The van der Waals surface area contributed by atoms with Crippen LogP contribution in [-0.4, -0.2) is 4.98 Å². The zero-order valence-electron chi connectivity index (χ0n) is 10.0. The Labute approximate surface area is 127 Å². The number of benzene rings is 1. The van der Waals surface area contributed by atoms with Crippen LogP contribution in [0, 0.1) is 0 Å². The minimum Gasteiger partial charge on any atom is -0.365 e. The van der Waals surface area contributed by atoms with Crippen molar-refractivity contribution < 1.29 is 13.2 Å². The molecule has 0 bridgehead atoms. The molecule has 0 saturated carbocycles. The van der Waals surface area contributed by atoms with Crippen molar-refractivity contribution in [3.63, 3.8) is 0 Å². The van der Waals surface area contributed by atoms with E-state index in [0.29, 0.717) is 15.3 Å². The molecule has 1 aromatic carbocycles. The number of alkyl halides is 3. The van der Waals surface area contributed by atoms with E-state index in [-0.39, 0.29) is 12.1 Å². The third kappa shape index (κ3) is 3.64. The van der Waals surface area contributed by atoms with Crippen LogP contribution in [0.25, 0.3) is 0 Å². The van der Waals surface area contributed by atoms with Crippen LogP contribution in [-0.2, 0) is 12.7 Å². The third-order valence-corrected chi connectivity index (χ3v) is 3.30. The van der Waals surface area contributed by atoms with E-state index >= 15 is 0 Å². The fourth-order valence-electron chi connectivity index (χ4n) is 1.67. The molecule has 0 aliphatic heterocycles. The predicted molar refractivity (Wildman–Crippen MR) is 75.7 cm³/mol. The zero-order valence-corrected chi connectivity index (χ0v) is 12.4. The summed E-state index contributed by atoms with van der Waals surface area (Å²) >= 11 is 9.15. The molecular weight excluding hydrogens is 357 g/mol. The smallest absolute Gasteiger partial charge is 0.365 e. The SMILES string of the molecule is FC(F)(F)c1ccccc1CNc1ncc(Br)cc1Cl. The van der Waals surface area contributed by atoms with Crippen LogP contribution in [0.5, 0.6) is 0 Å². The number of aromatic nitrogens is 1. The lowest BCUT2D eigenvalue weighted by Gasteiger charge is -2.14. The highest BCUT2D eigenvalue weighted by Crippen LogP contribution is 2.32. The Bertz CT molecular complexity index is 617. The Morgan fingerprint density at radius 1 is 1.25 bits per heavy atom. The topological polar surface area (TPSA) is 24.9 Å². The summed E-state index contributed by atoms with van der Waals surface area (Å²) in [6.45, 7) is -0.00989. The number of nitrogens with one attached hydrogen (secondary N) is 1. The first-order chi connectivity index (χ1) is 9.38. The summed E-state index contributed by atoms with van der Waals surface area (Å²) in [4.78, 5) is 4.01. The van der Waals surface area contributed by atoms with E-state index in [4.69, 9.17) is 11.6 Å². The summed E-state index contributed by atoms with van der Waals surface area (Å²) in [5.74, 6) is 0.340. The molecule has 2 nitrogen and oxygen atoms in total. The van der Waals surface area contributed by atoms with Crippen molar-refractivity contribution in [1.82, 2.24) is 4.98 Å². The van der Waals surface area contributed by atoms with Gasteiger partial charge in [-0.3, -0.25) is 0 Å². The lowest BCUT2D eigenvalue weighted by molar-refractivity contribution is -0.138. The monoisotopic (exact) mass is 364 g/mol. The first kappa shape index (κ1) is 15.1. The third-order valence-electron chi connectivity index (χ3n) is 2.58. The molecule has 106 valence electrons. The van der Waals surface area contributed by atoms with Gasteiger partial charge >= 0.3 is 6.18 Å². The second-order valence-electron chi connectivity index (χ2n) is 3.99. The first-order valence-electron chi connectivity index (χ1n) is 5.58. The van der Waals surface area contributed by atoms with Crippen molar-refractivity contribution >= 4 is 33.3 Å². The molecule has 0 radical (unpaired) electrons. The Hall–Kier alpha value is -1.27. The number of anilines is 1. The van der Waals surface area contributed by atoms with Crippen LogP contribution < -0.4 is 5.32 Å². The Morgan fingerprint density at radius 3 is 2.60 bits per heavy atom. The molecule has 0 fully saturated rings. The quantitative estimate of drug-likeness (QED) is 0.816. The molecule has 0 spiro atoms. The summed E-state index contributed by atoms with van der Waals surface area (Å²) in [6, 6.07) is 7.00. The van der Waals surface area contributed by atoms with E-state index in [1.54, 1.807) is 12.1 Å². The lowest BCUT2D eigenvalue weighted by atomic mass is 10.1. The van der Waals surface area contributed by atoms with Crippen LogP contribution >= 0.6 is 27.5 Å². The van der Waals surface area contributed by atoms with Crippen LogP contribution in [0.15, 0.2) is 41.0 Å². The highest BCUT2D eigenvalue weighted by molar-refractivity contribution is 9.10. The van der Waals surface area contributed by atoms with Gasteiger partial charge in [0.15, 0.2) is 0 Å². The number of nitrogens with zero attached hydrogens (tertiary/aromatic N) is 1. The summed E-state index contributed by atoms with van der Waals surface area (Å²) < 4.78 is 39.2. The number of hydrogen-bond donors (Lipinski definition) is 1. The van der Waals surface area contributed by atoms with Crippen LogP contribution in [0.2, 0.25) is 5.02 Å². The van der Waals surface area contributed by atoms with Crippen molar-refractivity contribution in [2.45, 2.75) is 12.7 Å². The lowest BCUT2D eigenvalue weighted by Crippen LogP contribution is -2.12. The van der Waals surface area contributed by atoms with E-state index in [2.05, 4.69) is 26.2 Å². The Morgan fingerprint density at radius 2 is 1.95 bits per heavy atom. The van der Waals surface area contributed by atoms with Crippen molar-refractivity contribution in [2.75, 3.05) is 5.32 Å². The predicted octanol–water partition coefficient (Wildman–Crippen LogP) is 5.13. The van der Waals surface area contributed by atoms with Gasteiger partial charge in [0.05, 0.1) is 10.6 Å². The molecule has 0 aliphatic carbocycles. The summed E-state index contributed by atoms with van der Waals surface area (Å²) in [5, 5.41) is 3.14. The molecule has 7 heteroatoms. The maximum atomic E-state index is 12.8. The van der Waals surface area contributed by atoms with Gasteiger partial charge in [0.2, 0.25) is 0 Å². The van der Waals surface area contributed by atoms with Gasteiger partial charge in [0.25, 0.3) is 0 Å². The molecule has 0 unspecified atom stereocenters. The average Bonchev–Trinajstić information content (AvgIpc) is 2.37. The minimum atomic E-state index is -4.38. The summed E-state index contributed by atoms with van der Waals surface area (Å²) in [5.41, 5.74) is -0.526. The van der Waals surface area contributed by atoms with Gasteiger partial charge in [0.1, 0.15) is 5.82 Å². The van der Waals surface area contributed by atoms with Gasteiger partial charge in [0, 0.05) is 17.2 Å². The fraction of sp³-hybridized carbons (Fsp3) is 0.154. The molecule has 2 aromatic rings. The van der Waals surface area contributed by atoms with Crippen LogP contribution in [0.3, 0.4) is 0 Å². The van der Waals surface area contributed by atoms with Crippen LogP contribution in [0.4, 0.5) is 19.0 Å². The van der Waals surface area contributed by atoms with Crippen molar-refractivity contribution in [2.24, 2.45) is 0 Å². The highest BCUT2D eigenvalue weighted by atomic mass is 79.9. The highest BCUT2D eigenvalue weighted by Gasteiger charge is 2.32. The molecule has 20 heavy (non-hydrogen) atoms. The number of halogens is 5. The number of rotatable bonds is 3. The van der Waals surface area contributed by atoms with Crippen molar-refractivity contribution in [3.8, 4) is 0 Å². The Kier molecular flexibility index (Phi) is 4.55. The molecular formula is C13H9BrClF3N2. The zero-order chi connectivity index (χ0) is 14.8. The molecule has 2 rings (SSSR count). The molecule has 0 amide bonds. The molecule has 1 heterocycles. The first-order valence-corrected chi connectivity index (χ1v) is 6.75. The summed E-state index contributed by atoms with van der Waals surface area (Å²) in [6.07, 6.45) is -2.86. The second-order valence-corrected chi connectivity index (χ2v) is 5.32. The van der Waals surface area contributed by atoms with E-state index in [9.17, 15) is 13.2 Å². The van der Waals surface area contributed by atoms with Gasteiger partial charge in [-0.25, -0.2) is 4.98 Å². The van der Waals surface area contributed by atoms with Crippen molar-refractivity contribution in [3.05, 3.63) is 57.2 Å². The Balaban J connectivity index is 2.19. The van der Waals surface area contributed by atoms with E-state index in [1.165, 1.54) is 18.3 Å². The van der Waals surface area contributed by atoms with E-state index < -0.39 is 11.7 Å². The van der Waals surface area contributed by atoms with Gasteiger partial charge in [-0.1, -0.05) is 29.8 Å². The van der Waals surface area contributed by atoms with Gasteiger partial charge in [-0.2, -0.15) is 13.2 Å². The minimum absolute atomic E-state index is 0.00989. The van der Waals surface area contributed by atoms with Crippen molar-refractivity contribution in [1.29, 1.82) is 0 Å². The summed E-state index contributed by atoms with van der Waals surface area (Å²) in [7, 11) is 0. The molecule has 1 N–H and O–H groups in total. The largest absolute Gasteiger partial charge is 0.416 e. The maximum Gasteiger partial charge on any atom is 0.416 e. The normalized spacial score (nSPS) is 11.4. The molecule has 0 saturated heterocycles.